The average molecular weight is 415 g/mol. The molecule has 0 radical (unpaired) electrons. The van der Waals surface area contributed by atoms with E-state index in [0.717, 1.165) is 0 Å². The van der Waals surface area contributed by atoms with Gasteiger partial charge in [0.25, 0.3) is 10.0 Å². The monoisotopic (exact) mass is 414 g/mol. The van der Waals surface area contributed by atoms with Crippen molar-refractivity contribution >= 4 is 33.5 Å². The highest BCUT2D eigenvalue weighted by Crippen LogP contribution is 2.28. The van der Waals surface area contributed by atoms with E-state index in [1.165, 1.54) is 37.8 Å². The van der Waals surface area contributed by atoms with Gasteiger partial charge in [-0.3, -0.25) is 4.98 Å². The number of sulfonamides is 1. The van der Waals surface area contributed by atoms with E-state index in [0.29, 0.717) is 4.31 Å². The lowest BCUT2D eigenvalue weighted by Gasteiger charge is -2.23. The van der Waals surface area contributed by atoms with Crippen LogP contribution in [-0.4, -0.2) is 43.2 Å². The van der Waals surface area contributed by atoms with Crippen LogP contribution in [-0.2, 0) is 26.1 Å². The quantitative estimate of drug-likeness (QED) is 0.635. The summed E-state index contributed by atoms with van der Waals surface area (Å²) in [4.78, 5) is 24.1. The minimum Gasteiger partial charge on any atom is -0.448 e. The maximum Gasteiger partial charge on any atom is 0.430 e. The number of ether oxygens (including phenoxy) is 2. The van der Waals surface area contributed by atoms with Crippen molar-refractivity contribution in [3.8, 4) is 0 Å². The Labute approximate surface area is 162 Å². The molecular formula is C16H19ClN4O5S. The highest BCUT2D eigenvalue weighted by molar-refractivity contribution is 7.93. The van der Waals surface area contributed by atoms with Gasteiger partial charge in [0.05, 0.1) is 13.2 Å². The number of nitrogens with zero attached hydrogens (tertiary/aromatic N) is 4. The molecule has 0 saturated carbocycles. The van der Waals surface area contributed by atoms with Crippen molar-refractivity contribution in [3.05, 3.63) is 41.6 Å². The number of aromatic nitrogens is 3. The molecule has 0 aromatic carbocycles. The second-order valence-corrected chi connectivity index (χ2v) is 7.91. The molecule has 0 aliphatic heterocycles. The standard InChI is InChI=1S/C16H19ClN4O5S/c1-11(2)9-26-16(22)21(15-12(10-25-3)18-7-8-20-15)27(23,24)13-5-4-6-19-14(13)17/h4-8,11H,9-10H2,1-3H3. The summed E-state index contributed by atoms with van der Waals surface area (Å²) in [6.07, 6.45) is 2.83. The number of halogens is 1. The zero-order chi connectivity index (χ0) is 20.0. The van der Waals surface area contributed by atoms with Crippen molar-refractivity contribution in [3.63, 3.8) is 0 Å². The molecule has 2 aromatic rings. The largest absolute Gasteiger partial charge is 0.448 e. The number of carbonyl (C=O) groups is 1. The van der Waals surface area contributed by atoms with Crippen LogP contribution in [0.25, 0.3) is 0 Å². The van der Waals surface area contributed by atoms with E-state index < -0.39 is 16.1 Å². The van der Waals surface area contributed by atoms with Crippen LogP contribution in [0, 0.1) is 5.92 Å². The van der Waals surface area contributed by atoms with Gasteiger partial charge in [0.2, 0.25) is 0 Å². The van der Waals surface area contributed by atoms with Gasteiger partial charge in [-0.25, -0.2) is 23.2 Å². The summed E-state index contributed by atoms with van der Waals surface area (Å²) in [6, 6.07) is 2.63. The molecule has 0 spiro atoms. The summed E-state index contributed by atoms with van der Waals surface area (Å²) < 4.78 is 37.0. The van der Waals surface area contributed by atoms with Crippen molar-refractivity contribution in [2.24, 2.45) is 5.92 Å². The number of amides is 1. The summed E-state index contributed by atoms with van der Waals surface area (Å²) >= 11 is 5.94. The lowest BCUT2D eigenvalue weighted by atomic mass is 10.2. The summed E-state index contributed by atoms with van der Waals surface area (Å²) in [6.45, 7) is 3.60. The fraction of sp³-hybridized carbons (Fsp3) is 0.375. The van der Waals surface area contributed by atoms with Crippen molar-refractivity contribution in [1.82, 2.24) is 15.0 Å². The Hall–Kier alpha value is -2.30. The van der Waals surface area contributed by atoms with Crippen LogP contribution in [0.5, 0.6) is 0 Å². The molecule has 0 unspecified atom stereocenters. The van der Waals surface area contributed by atoms with Gasteiger partial charge in [-0.05, 0) is 18.1 Å². The van der Waals surface area contributed by atoms with Crippen LogP contribution in [0.2, 0.25) is 5.15 Å². The van der Waals surface area contributed by atoms with E-state index in [-0.39, 0.29) is 40.7 Å². The van der Waals surface area contributed by atoms with Gasteiger partial charge in [0.15, 0.2) is 5.82 Å². The zero-order valence-electron chi connectivity index (χ0n) is 15.0. The number of carbonyl (C=O) groups excluding carboxylic acids is 1. The summed E-state index contributed by atoms with van der Waals surface area (Å²) in [7, 11) is -3.06. The number of pyridine rings is 1. The van der Waals surface area contributed by atoms with Gasteiger partial charge in [0, 0.05) is 25.7 Å². The Bertz CT molecular complexity index is 907. The lowest BCUT2D eigenvalue weighted by molar-refractivity contribution is 0.143. The molecule has 0 saturated heterocycles. The SMILES string of the molecule is COCc1nccnc1N(C(=O)OCC(C)C)S(=O)(=O)c1cccnc1Cl. The third kappa shape index (κ3) is 4.90. The van der Waals surface area contributed by atoms with Gasteiger partial charge < -0.3 is 9.47 Å². The molecule has 0 aliphatic rings. The maximum atomic E-state index is 13.2. The van der Waals surface area contributed by atoms with Crippen molar-refractivity contribution in [1.29, 1.82) is 0 Å². The average Bonchev–Trinajstić information content (AvgIpc) is 2.62. The highest BCUT2D eigenvalue weighted by atomic mass is 35.5. The molecule has 146 valence electrons. The van der Waals surface area contributed by atoms with Crippen LogP contribution >= 0.6 is 11.6 Å². The minimum absolute atomic E-state index is 0.000729. The van der Waals surface area contributed by atoms with Crippen molar-refractivity contribution in [2.75, 3.05) is 18.0 Å². The molecule has 11 heteroatoms. The van der Waals surface area contributed by atoms with E-state index in [1.807, 2.05) is 13.8 Å². The molecule has 2 rings (SSSR count). The zero-order valence-corrected chi connectivity index (χ0v) is 16.6. The summed E-state index contributed by atoms with van der Waals surface area (Å²) in [5.74, 6) is -0.228. The summed E-state index contributed by atoms with van der Waals surface area (Å²) in [5.41, 5.74) is 0.144. The molecule has 1 amide bonds. The first-order valence-corrected chi connectivity index (χ1v) is 9.72. The number of rotatable bonds is 7. The van der Waals surface area contributed by atoms with E-state index in [2.05, 4.69) is 15.0 Å². The van der Waals surface area contributed by atoms with Crippen LogP contribution in [0.15, 0.2) is 35.6 Å². The van der Waals surface area contributed by atoms with Crippen molar-refractivity contribution in [2.45, 2.75) is 25.3 Å². The predicted octanol–water partition coefficient (Wildman–Crippen LogP) is 2.66. The first-order valence-electron chi connectivity index (χ1n) is 7.90. The third-order valence-corrected chi connectivity index (χ3v) is 5.28. The molecule has 0 fully saturated rings. The molecule has 27 heavy (non-hydrogen) atoms. The number of anilines is 1. The third-order valence-electron chi connectivity index (χ3n) is 3.17. The molecule has 0 bridgehead atoms. The molecule has 2 aromatic heterocycles. The van der Waals surface area contributed by atoms with Gasteiger partial charge in [-0.15, -0.1) is 4.31 Å². The summed E-state index contributed by atoms with van der Waals surface area (Å²) in [5, 5.41) is -0.281. The molecule has 0 aliphatic carbocycles. The van der Waals surface area contributed by atoms with Gasteiger partial charge in [-0.2, -0.15) is 0 Å². The first-order chi connectivity index (χ1) is 12.8. The van der Waals surface area contributed by atoms with Gasteiger partial charge >= 0.3 is 6.09 Å². The Balaban J connectivity index is 2.61. The molecular weight excluding hydrogens is 396 g/mol. The van der Waals surface area contributed by atoms with E-state index in [9.17, 15) is 13.2 Å². The Morgan fingerprint density at radius 2 is 1.93 bits per heavy atom. The lowest BCUT2D eigenvalue weighted by Crippen LogP contribution is -2.39. The number of hydrogen-bond donors (Lipinski definition) is 0. The van der Waals surface area contributed by atoms with Crippen LogP contribution in [0.3, 0.4) is 0 Å². The second-order valence-electron chi connectivity index (χ2n) is 5.79. The van der Waals surface area contributed by atoms with Gasteiger partial charge in [0.1, 0.15) is 15.7 Å². The first kappa shape index (κ1) is 21.0. The van der Waals surface area contributed by atoms with Gasteiger partial charge in [-0.1, -0.05) is 25.4 Å². The predicted molar refractivity (Wildman–Crippen MR) is 97.8 cm³/mol. The number of methoxy groups -OCH3 is 1. The molecule has 2 heterocycles. The van der Waals surface area contributed by atoms with E-state index in [4.69, 9.17) is 21.1 Å². The van der Waals surface area contributed by atoms with E-state index in [1.54, 1.807) is 0 Å². The Morgan fingerprint density at radius 3 is 2.56 bits per heavy atom. The smallest absolute Gasteiger partial charge is 0.430 e. The fourth-order valence-electron chi connectivity index (χ4n) is 2.02. The minimum atomic E-state index is -4.47. The molecule has 0 atom stereocenters. The number of hydrogen-bond acceptors (Lipinski definition) is 8. The van der Waals surface area contributed by atoms with Crippen LogP contribution in [0.1, 0.15) is 19.5 Å². The topological polar surface area (TPSA) is 112 Å². The van der Waals surface area contributed by atoms with Crippen LogP contribution < -0.4 is 4.31 Å². The van der Waals surface area contributed by atoms with Crippen molar-refractivity contribution < 1.29 is 22.7 Å². The normalized spacial score (nSPS) is 11.4. The highest BCUT2D eigenvalue weighted by Gasteiger charge is 2.37. The van der Waals surface area contributed by atoms with E-state index >= 15 is 0 Å². The molecule has 0 N–H and O–H groups in total. The Morgan fingerprint density at radius 1 is 1.22 bits per heavy atom. The second kappa shape index (κ2) is 9.07. The molecule has 9 nitrogen and oxygen atoms in total. The maximum absolute atomic E-state index is 13.2. The van der Waals surface area contributed by atoms with Crippen LogP contribution in [0.4, 0.5) is 10.6 Å². The fourth-order valence-corrected chi connectivity index (χ4v) is 3.78. The Kier molecular flexibility index (Phi) is 7.05.